The number of ketones is 3. The largest absolute Gasteiger partial charge is 0.508 e. The number of hydrogen-bond acceptors (Lipinski definition) is 10. The monoisotopic (exact) mass is 859 g/mol. The van der Waals surface area contributed by atoms with Crippen LogP contribution >= 0.6 is 11.8 Å². The summed E-state index contributed by atoms with van der Waals surface area (Å²) in [6, 6.07) is 4.36. The van der Waals surface area contributed by atoms with Gasteiger partial charge in [0.2, 0.25) is 17.7 Å². The number of carbonyl (C=O) groups is 6. The van der Waals surface area contributed by atoms with E-state index in [4.69, 9.17) is 16.9 Å². The van der Waals surface area contributed by atoms with Crippen molar-refractivity contribution in [1.82, 2.24) is 16.0 Å². The molecule has 9 N–H and O–H groups in total. The summed E-state index contributed by atoms with van der Waals surface area (Å²) in [5.41, 5.74) is 11.9. The molecule has 0 bridgehead atoms. The Morgan fingerprint density at radius 1 is 0.717 bits per heavy atom. The molecule has 340 valence electrons. The molecule has 0 spiro atoms. The molecule has 0 saturated heterocycles. The molecular formula is C46H78N6O7S. The van der Waals surface area contributed by atoms with Gasteiger partial charge < -0.3 is 32.5 Å². The van der Waals surface area contributed by atoms with Crippen molar-refractivity contribution in [3.8, 4) is 5.75 Å². The first kappa shape index (κ1) is 54.2. The maximum absolute atomic E-state index is 13.9. The van der Waals surface area contributed by atoms with Crippen LogP contribution in [0.2, 0.25) is 0 Å². The van der Waals surface area contributed by atoms with Crippen LogP contribution < -0.4 is 27.4 Å². The Kier molecular flexibility index (Phi) is 30.6. The number of Topliss-reactive ketones (excluding diaryl/α,β-unsaturated/α-hetero) is 3. The molecule has 0 aliphatic heterocycles. The van der Waals surface area contributed by atoms with Gasteiger partial charge in [-0.05, 0) is 81.7 Å². The topological polar surface area (TPSA) is 235 Å². The number of aromatic hydroxyl groups is 1. The predicted molar refractivity (Wildman–Crippen MR) is 243 cm³/mol. The second-order valence-electron chi connectivity index (χ2n) is 16.3. The number of amidine groups is 1. The molecule has 0 aromatic heterocycles. The van der Waals surface area contributed by atoms with Crippen LogP contribution in [0.1, 0.15) is 161 Å². The number of amides is 3. The van der Waals surface area contributed by atoms with E-state index in [0.717, 1.165) is 25.7 Å². The second kappa shape index (κ2) is 33.9. The number of phenols is 1. The van der Waals surface area contributed by atoms with Crippen molar-refractivity contribution in [2.45, 2.75) is 174 Å². The summed E-state index contributed by atoms with van der Waals surface area (Å²) in [6.45, 7) is 3.77. The molecule has 13 nitrogen and oxygen atoms in total. The molecule has 1 aromatic carbocycles. The quantitative estimate of drug-likeness (QED) is 0.0208. The van der Waals surface area contributed by atoms with Gasteiger partial charge in [-0.2, -0.15) is 11.8 Å². The van der Waals surface area contributed by atoms with Gasteiger partial charge in [0.15, 0.2) is 11.6 Å². The molecule has 0 unspecified atom stereocenters. The van der Waals surface area contributed by atoms with Crippen molar-refractivity contribution in [1.29, 1.82) is 5.41 Å². The summed E-state index contributed by atoms with van der Waals surface area (Å²) in [5, 5.41) is 25.8. The molecule has 60 heavy (non-hydrogen) atoms. The summed E-state index contributed by atoms with van der Waals surface area (Å²) >= 11 is 1.55. The number of nitrogens with one attached hydrogen (secondary N) is 4. The van der Waals surface area contributed by atoms with Gasteiger partial charge in [0.1, 0.15) is 17.6 Å². The molecule has 0 heterocycles. The smallest absolute Gasteiger partial charge is 0.242 e. The molecule has 14 heteroatoms. The fourth-order valence-electron chi connectivity index (χ4n) is 7.18. The van der Waals surface area contributed by atoms with Crippen molar-refractivity contribution in [3.63, 3.8) is 0 Å². The minimum absolute atomic E-state index is 0.0346. The van der Waals surface area contributed by atoms with E-state index in [1.807, 2.05) is 6.26 Å². The lowest BCUT2D eigenvalue weighted by Crippen LogP contribution is -2.48. The van der Waals surface area contributed by atoms with Gasteiger partial charge in [-0.3, -0.25) is 34.2 Å². The number of nitrogens with two attached hydrogens (primary N) is 2. The molecule has 4 atom stereocenters. The maximum Gasteiger partial charge on any atom is 0.242 e. The van der Waals surface area contributed by atoms with Crippen LogP contribution in [0, 0.1) is 17.2 Å². The Balaban J connectivity index is 2.85. The number of rotatable bonds is 38. The van der Waals surface area contributed by atoms with Gasteiger partial charge in [0, 0.05) is 37.5 Å². The molecule has 3 amide bonds. The van der Waals surface area contributed by atoms with Crippen molar-refractivity contribution in [3.05, 3.63) is 29.8 Å². The van der Waals surface area contributed by atoms with Gasteiger partial charge in [0.05, 0.1) is 18.4 Å². The van der Waals surface area contributed by atoms with E-state index in [1.54, 1.807) is 23.9 Å². The third-order valence-electron chi connectivity index (χ3n) is 10.9. The van der Waals surface area contributed by atoms with E-state index in [1.165, 1.54) is 76.8 Å². The minimum atomic E-state index is -1.05. The van der Waals surface area contributed by atoms with Crippen molar-refractivity contribution in [2.75, 3.05) is 25.1 Å². The van der Waals surface area contributed by atoms with E-state index in [-0.39, 0.29) is 67.7 Å². The summed E-state index contributed by atoms with van der Waals surface area (Å²) in [7, 11) is 0. The number of hydrogen-bond donors (Lipinski definition) is 7. The van der Waals surface area contributed by atoms with Crippen LogP contribution in [-0.2, 0) is 35.2 Å². The Labute approximate surface area is 364 Å². The van der Waals surface area contributed by atoms with Crippen molar-refractivity contribution < 1.29 is 33.9 Å². The predicted octanol–water partition coefficient (Wildman–Crippen LogP) is 6.84. The number of thioether (sulfide) groups is 1. The lowest BCUT2D eigenvalue weighted by molar-refractivity contribution is -0.133. The van der Waals surface area contributed by atoms with Gasteiger partial charge in [-0.1, -0.05) is 103 Å². The number of unbranched alkanes of at least 4 members (excludes halogenated alkanes) is 13. The Morgan fingerprint density at radius 2 is 1.32 bits per heavy atom. The third-order valence-corrected chi connectivity index (χ3v) is 11.6. The van der Waals surface area contributed by atoms with Crippen LogP contribution in [0.3, 0.4) is 0 Å². The van der Waals surface area contributed by atoms with Crippen LogP contribution in [-0.4, -0.2) is 83.2 Å². The lowest BCUT2D eigenvalue weighted by Gasteiger charge is -2.24. The SMILES string of the molecule is CCCCCCCCCCCCCCCC(=O)N[C@@H](CCSC)C(=O)NCC(=O)C[C@@H](Cc1ccc(O)cc1)C(=O)N[C@@H](CCC(=N)N)C(=O)C[C@@H](CCCCN)C(C)=O. The maximum atomic E-state index is 13.9. The summed E-state index contributed by atoms with van der Waals surface area (Å²) in [4.78, 5) is 79.4. The first-order chi connectivity index (χ1) is 28.8. The highest BCUT2D eigenvalue weighted by Gasteiger charge is 2.30. The van der Waals surface area contributed by atoms with E-state index in [2.05, 4.69) is 22.9 Å². The van der Waals surface area contributed by atoms with Crippen LogP contribution in [0.5, 0.6) is 5.75 Å². The van der Waals surface area contributed by atoms with E-state index >= 15 is 0 Å². The third kappa shape index (κ3) is 26.4. The van der Waals surface area contributed by atoms with Gasteiger partial charge in [0.25, 0.3) is 0 Å². The summed E-state index contributed by atoms with van der Waals surface area (Å²) < 4.78 is 0. The zero-order chi connectivity index (χ0) is 44.5. The first-order valence-electron chi connectivity index (χ1n) is 22.5. The minimum Gasteiger partial charge on any atom is -0.508 e. The first-order valence-corrected chi connectivity index (χ1v) is 23.9. The Bertz CT molecular complexity index is 1430. The van der Waals surface area contributed by atoms with E-state index in [9.17, 15) is 33.9 Å². The molecule has 0 aliphatic carbocycles. The summed E-state index contributed by atoms with van der Waals surface area (Å²) in [5.74, 6) is -3.17. The summed E-state index contributed by atoms with van der Waals surface area (Å²) in [6.07, 6.45) is 20.0. The lowest BCUT2D eigenvalue weighted by atomic mass is 9.88. The van der Waals surface area contributed by atoms with Gasteiger partial charge in [-0.25, -0.2) is 0 Å². The average molecular weight is 859 g/mol. The van der Waals surface area contributed by atoms with Crippen molar-refractivity contribution in [2.24, 2.45) is 23.3 Å². The molecule has 1 rings (SSSR count). The zero-order valence-corrected chi connectivity index (χ0v) is 37.8. The molecule has 0 fully saturated rings. The second-order valence-corrected chi connectivity index (χ2v) is 17.3. The van der Waals surface area contributed by atoms with Crippen LogP contribution in [0.4, 0.5) is 0 Å². The standard InChI is InChI=1S/C46H78N6O7S/c1-4-5-6-7-8-9-10-11-12-13-14-15-16-20-44(57)51-41(27-29-60-3)46(59)50-33-39(55)31-37(30-35-21-23-38(54)24-22-35)45(58)52-40(25-26-43(48)49)42(56)32-36(34(2)53)19-17-18-28-47/h21-24,36-37,40-41,54H,4-20,25-33,47H2,1-3H3,(H3,48,49)(H,50,59)(H,51,57)(H,52,58)/t36-,37-,40+,41+/m1/s1. The highest BCUT2D eigenvalue weighted by Crippen LogP contribution is 2.20. The van der Waals surface area contributed by atoms with Crippen LogP contribution in [0.25, 0.3) is 0 Å². The Hall–Kier alpha value is -3.78. The normalized spacial score (nSPS) is 13.1. The number of phenolic OH excluding ortho intramolecular Hbond substituents is 1. The molecule has 0 aliphatic rings. The fourth-order valence-corrected chi connectivity index (χ4v) is 7.65. The molecule has 0 radical (unpaired) electrons. The number of carbonyl (C=O) groups excluding carboxylic acids is 6. The van der Waals surface area contributed by atoms with Crippen LogP contribution in [0.15, 0.2) is 24.3 Å². The van der Waals surface area contributed by atoms with Gasteiger partial charge >= 0.3 is 0 Å². The average Bonchev–Trinajstić information content (AvgIpc) is 3.21. The zero-order valence-electron chi connectivity index (χ0n) is 37.0. The highest BCUT2D eigenvalue weighted by molar-refractivity contribution is 7.98. The van der Waals surface area contributed by atoms with E-state index in [0.29, 0.717) is 50.0 Å². The fraction of sp³-hybridized carbons (Fsp3) is 0.717. The van der Waals surface area contributed by atoms with E-state index < -0.39 is 41.5 Å². The number of benzene rings is 1. The molecular weight excluding hydrogens is 781 g/mol. The van der Waals surface area contributed by atoms with Gasteiger partial charge in [-0.15, -0.1) is 0 Å². The van der Waals surface area contributed by atoms with Crippen molar-refractivity contribution >= 4 is 52.7 Å². The molecule has 0 saturated carbocycles. The molecule has 1 aromatic rings. The Morgan fingerprint density at radius 3 is 1.87 bits per heavy atom. The highest BCUT2D eigenvalue weighted by atomic mass is 32.2.